The summed E-state index contributed by atoms with van der Waals surface area (Å²) in [7, 11) is 0. The third-order valence-electron chi connectivity index (χ3n) is 6.61. The molecule has 1 atom stereocenters. The lowest BCUT2D eigenvalue weighted by Crippen LogP contribution is -2.42. The largest absolute Gasteiger partial charge is 0.327 e. The van der Waals surface area contributed by atoms with E-state index in [0.29, 0.717) is 5.69 Å². The maximum atomic E-state index is 13.3. The Balaban J connectivity index is 1.43. The first kappa shape index (κ1) is 23.9. The van der Waals surface area contributed by atoms with E-state index in [-0.39, 0.29) is 11.9 Å². The first-order valence-electron chi connectivity index (χ1n) is 12.4. The number of nitrogens with zero attached hydrogens (tertiary/aromatic N) is 4. The first-order chi connectivity index (χ1) is 17.4. The number of benzene rings is 2. The summed E-state index contributed by atoms with van der Waals surface area (Å²) in [6.45, 7) is 6.65. The van der Waals surface area contributed by atoms with Gasteiger partial charge in [-0.15, -0.1) is 0 Å². The molecule has 4 aromatic rings. The van der Waals surface area contributed by atoms with Crippen LogP contribution in [-0.4, -0.2) is 44.5 Å². The van der Waals surface area contributed by atoms with Crippen molar-refractivity contribution in [3.05, 3.63) is 95.8 Å². The van der Waals surface area contributed by atoms with Crippen LogP contribution < -0.4 is 11.1 Å². The molecule has 0 radical (unpaired) electrons. The van der Waals surface area contributed by atoms with E-state index >= 15 is 0 Å². The first-order valence-corrected chi connectivity index (χ1v) is 12.4. The Morgan fingerprint density at radius 2 is 1.94 bits per heavy atom. The molecular weight excluding hydrogens is 448 g/mol. The van der Waals surface area contributed by atoms with Gasteiger partial charge in [-0.2, -0.15) is 0 Å². The molecule has 1 saturated heterocycles. The van der Waals surface area contributed by atoms with Crippen LogP contribution in [0.4, 0.5) is 5.69 Å². The molecule has 3 heterocycles. The minimum Gasteiger partial charge on any atom is -0.327 e. The van der Waals surface area contributed by atoms with E-state index in [0.717, 1.165) is 71.8 Å². The SMILES string of the molecule is Cc1cn(-c2cc(CN3CCC[C@H](N)C3)cc(NC(=O)c3cc(-c4ccccc4)c(C)cn3)c2)cn1. The lowest BCUT2D eigenvalue weighted by molar-refractivity contribution is 0.102. The zero-order valence-corrected chi connectivity index (χ0v) is 20.8. The molecule has 1 aliphatic rings. The Labute approximate surface area is 212 Å². The van der Waals surface area contributed by atoms with Crippen LogP contribution in [-0.2, 0) is 6.54 Å². The quantitative estimate of drug-likeness (QED) is 0.417. The van der Waals surface area contributed by atoms with Crippen molar-refractivity contribution < 1.29 is 4.79 Å². The summed E-state index contributed by atoms with van der Waals surface area (Å²) >= 11 is 0. The van der Waals surface area contributed by atoms with Gasteiger partial charge in [0.05, 0.1) is 12.0 Å². The van der Waals surface area contributed by atoms with E-state index in [1.807, 2.05) is 73.1 Å². The molecule has 0 unspecified atom stereocenters. The highest BCUT2D eigenvalue weighted by atomic mass is 16.1. The number of carbonyl (C=O) groups excluding carboxylic acids is 1. The third-order valence-corrected chi connectivity index (χ3v) is 6.61. The third kappa shape index (κ3) is 5.53. The molecule has 5 rings (SSSR count). The number of amides is 1. The number of anilines is 1. The Bertz CT molecular complexity index is 1360. The molecule has 36 heavy (non-hydrogen) atoms. The van der Waals surface area contributed by atoms with Gasteiger partial charge >= 0.3 is 0 Å². The zero-order chi connectivity index (χ0) is 25.1. The van der Waals surface area contributed by atoms with Crippen LogP contribution in [0, 0.1) is 13.8 Å². The Kier molecular flexibility index (Phi) is 6.93. The van der Waals surface area contributed by atoms with E-state index in [9.17, 15) is 4.79 Å². The molecule has 7 heteroatoms. The number of likely N-dealkylation sites (tertiary alicyclic amines) is 1. The Morgan fingerprint density at radius 1 is 1.11 bits per heavy atom. The minimum absolute atomic E-state index is 0.212. The van der Waals surface area contributed by atoms with Crippen LogP contribution in [0.15, 0.2) is 73.3 Å². The number of nitrogens with two attached hydrogens (primary N) is 1. The number of aryl methyl sites for hydroxylation is 2. The molecular formula is C29H32N6O. The second kappa shape index (κ2) is 10.4. The van der Waals surface area contributed by atoms with Crippen molar-refractivity contribution in [1.82, 2.24) is 19.4 Å². The Morgan fingerprint density at radius 3 is 2.69 bits per heavy atom. The van der Waals surface area contributed by atoms with Gasteiger partial charge in [0.2, 0.25) is 0 Å². The highest BCUT2D eigenvalue weighted by molar-refractivity contribution is 6.03. The fourth-order valence-electron chi connectivity index (χ4n) is 4.81. The van der Waals surface area contributed by atoms with Gasteiger partial charge in [-0.05, 0) is 79.8 Å². The van der Waals surface area contributed by atoms with Crippen LogP contribution in [0.25, 0.3) is 16.8 Å². The number of aromatic nitrogens is 3. The molecule has 1 amide bonds. The lowest BCUT2D eigenvalue weighted by Gasteiger charge is -2.30. The number of pyridine rings is 1. The van der Waals surface area contributed by atoms with Gasteiger partial charge in [0.25, 0.3) is 5.91 Å². The van der Waals surface area contributed by atoms with Gasteiger partial charge in [0.15, 0.2) is 0 Å². The summed E-state index contributed by atoms with van der Waals surface area (Å²) in [4.78, 5) is 24.5. The molecule has 7 nitrogen and oxygen atoms in total. The van der Waals surface area contributed by atoms with Crippen molar-refractivity contribution in [2.24, 2.45) is 5.73 Å². The van der Waals surface area contributed by atoms with Crippen LogP contribution in [0.1, 0.15) is 40.2 Å². The maximum absolute atomic E-state index is 13.3. The summed E-state index contributed by atoms with van der Waals surface area (Å²) in [5.74, 6) is -0.239. The summed E-state index contributed by atoms with van der Waals surface area (Å²) in [5.41, 5.74) is 13.4. The van der Waals surface area contributed by atoms with Crippen molar-refractivity contribution in [3.63, 3.8) is 0 Å². The maximum Gasteiger partial charge on any atom is 0.274 e. The topological polar surface area (TPSA) is 89.1 Å². The smallest absolute Gasteiger partial charge is 0.274 e. The van der Waals surface area contributed by atoms with E-state index in [1.165, 1.54) is 0 Å². The Hall–Kier alpha value is -3.81. The van der Waals surface area contributed by atoms with Crippen molar-refractivity contribution in [3.8, 4) is 16.8 Å². The molecule has 0 aliphatic carbocycles. The van der Waals surface area contributed by atoms with E-state index in [4.69, 9.17) is 5.73 Å². The van der Waals surface area contributed by atoms with Crippen LogP contribution >= 0.6 is 0 Å². The van der Waals surface area contributed by atoms with Crippen molar-refractivity contribution in [1.29, 1.82) is 0 Å². The number of rotatable bonds is 6. The van der Waals surface area contributed by atoms with Gasteiger partial charge in [-0.1, -0.05) is 30.3 Å². The van der Waals surface area contributed by atoms with Crippen LogP contribution in [0.5, 0.6) is 0 Å². The summed E-state index contributed by atoms with van der Waals surface area (Å²) in [6.07, 6.45) is 7.71. The van der Waals surface area contributed by atoms with Crippen LogP contribution in [0.3, 0.4) is 0 Å². The predicted molar refractivity (Wildman–Crippen MR) is 143 cm³/mol. The van der Waals surface area contributed by atoms with Gasteiger partial charge < -0.3 is 15.6 Å². The van der Waals surface area contributed by atoms with Gasteiger partial charge in [0.1, 0.15) is 5.69 Å². The number of carbonyl (C=O) groups is 1. The van der Waals surface area contributed by atoms with Crippen LogP contribution in [0.2, 0.25) is 0 Å². The average molecular weight is 481 g/mol. The van der Waals surface area contributed by atoms with Gasteiger partial charge in [0, 0.05) is 42.9 Å². The monoisotopic (exact) mass is 480 g/mol. The average Bonchev–Trinajstić information content (AvgIpc) is 3.31. The number of hydrogen-bond donors (Lipinski definition) is 2. The van der Waals surface area contributed by atoms with Crippen molar-refractivity contribution >= 4 is 11.6 Å². The van der Waals surface area contributed by atoms with Gasteiger partial charge in [-0.3, -0.25) is 14.7 Å². The fourth-order valence-corrected chi connectivity index (χ4v) is 4.81. The molecule has 3 N–H and O–H groups in total. The van der Waals surface area contributed by atoms with Crippen molar-refractivity contribution in [2.75, 3.05) is 18.4 Å². The molecule has 0 spiro atoms. The normalized spacial score (nSPS) is 16.1. The fraction of sp³-hybridized carbons (Fsp3) is 0.276. The van der Waals surface area contributed by atoms with Gasteiger partial charge in [-0.25, -0.2) is 4.98 Å². The second-order valence-electron chi connectivity index (χ2n) is 9.65. The molecule has 1 fully saturated rings. The van der Waals surface area contributed by atoms with Crippen molar-refractivity contribution in [2.45, 2.75) is 39.3 Å². The highest BCUT2D eigenvalue weighted by Crippen LogP contribution is 2.25. The molecule has 1 aliphatic heterocycles. The standard InChI is InChI=1S/C29H32N6O/c1-20-15-31-28(14-27(20)23-7-4-3-5-8-23)29(36)33-25-11-22(17-34-10-6-9-24(30)18-34)12-26(13-25)35-16-21(2)32-19-35/h3-5,7-8,11-16,19,24H,6,9-10,17-18,30H2,1-2H3,(H,33,36)/t24-/m0/s1. The number of hydrogen-bond acceptors (Lipinski definition) is 5. The highest BCUT2D eigenvalue weighted by Gasteiger charge is 2.18. The number of imidazole rings is 1. The lowest BCUT2D eigenvalue weighted by atomic mass is 10.0. The predicted octanol–water partition coefficient (Wildman–Crippen LogP) is 4.73. The minimum atomic E-state index is -0.239. The molecule has 0 bridgehead atoms. The number of piperidine rings is 1. The summed E-state index contributed by atoms with van der Waals surface area (Å²) in [6, 6.07) is 18.3. The molecule has 2 aromatic carbocycles. The van der Waals surface area contributed by atoms with E-state index in [1.54, 1.807) is 12.5 Å². The number of nitrogens with one attached hydrogen (secondary N) is 1. The summed E-state index contributed by atoms with van der Waals surface area (Å²) in [5, 5.41) is 3.08. The molecule has 2 aromatic heterocycles. The van der Waals surface area contributed by atoms with E-state index < -0.39 is 0 Å². The second-order valence-corrected chi connectivity index (χ2v) is 9.65. The zero-order valence-electron chi connectivity index (χ0n) is 20.8. The van der Waals surface area contributed by atoms with E-state index in [2.05, 4.69) is 26.3 Å². The summed E-state index contributed by atoms with van der Waals surface area (Å²) < 4.78 is 1.98. The molecule has 0 saturated carbocycles. The molecule has 184 valence electrons.